The van der Waals surface area contributed by atoms with E-state index in [1.165, 1.54) is 17.9 Å². The molecule has 0 radical (unpaired) electrons. The lowest BCUT2D eigenvalue weighted by atomic mass is 10.2. The number of hydrogen-bond donors (Lipinski definition) is 2. The predicted molar refractivity (Wildman–Crippen MR) is 114 cm³/mol. The standard InChI is InChI=1S/C20H21Cl2N3O4/c1-3-25(20(28)12-29-18-9-4-14(21)10-17(18)22)11-19(27)24-16-7-5-15(6-8-16)23-13(2)26/h4-10H,3,11-12H2,1-2H3,(H,23,26)(H,24,27). The van der Waals surface area contributed by atoms with Gasteiger partial charge in [-0.25, -0.2) is 0 Å². The van der Waals surface area contributed by atoms with Gasteiger partial charge in [0.1, 0.15) is 5.75 Å². The van der Waals surface area contributed by atoms with Crippen molar-refractivity contribution in [3.05, 3.63) is 52.5 Å². The molecule has 0 aliphatic heterocycles. The maximum absolute atomic E-state index is 12.4. The van der Waals surface area contributed by atoms with Crippen LogP contribution in [0.2, 0.25) is 10.0 Å². The number of likely N-dealkylation sites (N-methyl/N-ethyl adjacent to an activating group) is 1. The van der Waals surface area contributed by atoms with Crippen molar-refractivity contribution in [3.63, 3.8) is 0 Å². The number of amides is 3. The highest BCUT2D eigenvalue weighted by atomic mass is 35.5. The molecule has 0 aliphatic carbocycles. The van der Waals surface area contributed by atoms with Crippen LogP contribution in [-0.4, -0.2) is 42.3 Å². The van der Waals surface area contributed by atoms with Gasteiger partial charge in [-0.3, -0.25) is 14.4 Å². The van der Waals surface area contributed by atoms with E-state index in [1.54, 1.807) is 43.3 Å². The Balaban J connectivity index is 1.88. The van der Waals surface area contributed by atoms with Gasteiger partial charge in [-0.15, -0.1) is 0 Å². The lowest BCUT2D eigenvalue weighted by molar-refractivity contribution is -0.136. The fourth-order valence-electron chi connectivity index (χ4n) is 2.41. The van der Waals surface area contributed by atoms with Crippen molar-refractivity contribution in [2.24, 2.45) is 0 Å². The number of ether oxygens (including phenoxy) is 1. The second kappa shape index (κ2) is 10.7. The fraction of sp³-hybridized carbons (Fsp3) is 0.250. The third kappa shape index (κ3) is 7.29. The van der Waals surface area contributed by atoms with Crippen molar-refractivity contribution >= 4 is 52.3 Å². The van der Waals surface area contributed by atoms with E-state index in [1.807, 2.05) is 0 Å². The molecule has 2 N–H and O–H groups in total. The van der Waals surface area contributed by atoms with E-state index >= 15 is 0 Å². The molecule has 29 heavy (non-hydrogen) atoms. The lowest BCUT2D eigenvalue weighted by Crippen LogP contribution is -2.40. The zero-order valence-electron chi connectivity index (χ0n) is 16.0. The number of carbonyl (C=O) groups is 3. The van der Waals surface area contributed by atoms with E-state index in [0.29, 0.717) is 33.7 Å². The Morgan fingerprint density at radius 1 is 1.00 bits per heavy atom. The Kier molecular flexibility index (Phi) is 8.30. The van der Waals surface area contributed by atoms with Gasteiger partial charge >= 0.3 is 0 Å². The van der Waals surface area contributed by atoms with Gasteiger partial charge in [0.25, 0.3) is 5.91 Å². The maximum Gasteiger partial charge on any atom is 0.260 e. The largest absolute Gasteiger partial charge is 0.482 e. The van der Waals surface area contributed by atoms with Crippen molar-refractivity contribution in [2.45, 2.75) is 13.8 Å². The molecule has 0 saturated carbocycles. The molecule has 0 heterocycles. The SMILES string of the molecule is CCN(CC(=O)Nc1ccc(NC(C)=O)cc1)C(=O)COc1ccc(Cl)cc1Cl. The fourth-order valence-corrected chi connectivity index (χ4v) is 2.88. The molecule has 2 rings (SSSR count). The summed E-state index contributed by atoms with van der Waals surface area (Å²) in [7, 11) is 0. The first-order valence-corrected chi connectivity index (χ1v) is 9.57. The van der Waals surface area contributed by atoms with Gasteiger partial charge in [0.15, 0.2) is 6.61 Å². The molecule has 0 aromatic heterocycles. The third-order valence-electron chi connectivity index (χ3n) is 3.80. The molecule has 0 aliphatic rings. The minimum absolute atomic E-state index is 0.125. The third-order valence-corrected chi connectivity index (χ3v) is 4.33. The molecule has 0 fully saturated rings. The summed E-state index contributed by atoms with van der Waals surface area (Å²) >= 11 is 11.8. The van der Waals surface area contributed by atoms with Crippen LogP contribution in [0.3, 0.4) is 0 Å². The first-order valence-electron chi connectivity index (χ1n) is 8.81. The number of hydrogen-bond acceptors (Lipinski definition) is 4. The first kappa shape index (κ1) is 22.5. The number of benzene rings is 2. The van der Waals surface area contributed by atoms with E-state index in [2.05, 4.69) is 10.6 Å². The summed E-state index contributed by atoms with van der Waals surface area (Å²) < 4.78 is 5.43. The Hall–Kier alpha value is -2.77. The molecule has 2 aromatic rings. The summed E-state index contributed by atoms with van der Waals surface area (Å²) in [5.74, 6) is -0.545. The van der Waals surface area contributed by atoms with E-state index in [4.69, 9.17) is 27.9 Å². The van der Waals surface area contributed by atoms with Crippen LogP contribution in [0.5, 0.6) is 5.75 Å². The molecular weight excluding hydrogens is 417 g/mol. The smallest absolute Gasteiger partial charge is 0.260 e. The normalized spacial score (nSPS) is 10.2. The quantitative estimate of drug-likeness (QED) is 0.656. The average molecular weight is 438 g/mol. The predicted octanol–water partition coefficient (Wildman–Crippen LogP) is 3.82. The summed E-state index contributed by atoms with van der Waals surface area (Å²) in [6, 6.07) is 11.4. The molecule has 3 amide bonds. The zero-order chi connectivity index (χ0) is 21.4. The van der Waals surface area contributed by atoms with E-state index in [9.17, 15) is 14.4 Å². The summed E-state index contributed by atoms with van der Waals surface area (Å²) in [5.41, 5.74) is 1.18. The van der Waals surface area contributed by atoms with Gasteiger partial charge in [-0.1, -0.05) is 23.2 Å². The molecular formula is C20H21Cl2N3O4. The summed E-state index contributed by atoms with van der Waals surface area (Å²) in [6.07, 6.45) is 0. The van der Waals surface area contributed by atoms with Crippen LogP contribution in [0.1, 0.15) is 13.8 Å². The number of nitrogens with one attached hydrogen (secondary N) is 2. The van der Waals surface area contributed by atoms with Crippen molar-refractivity contribution in [1.29, 1.82) is 0 Å². The van der Waals surface area contributed by atoms with Gasteiger partial charge in [-0.2, -0.15) is 0 Å². The summed E-state index contributed by atoms with van der Waals surface area (Å²) in [5, 5.41) is 6.11. The van der Waals surface area contributed by atoms with Gasteiger partial charge < -0.3 is 20.3 Å². The molecule has 7 nitrogen and oxygen atoms in total. The van der Waals surface area contributed by atoms with Crippen LogP contribution in [0, 0.1) is 0 Å². The van der Waals surface area contributed by atoms with Crippen LogP contribution in [-0.2, 0) is 14.4 Å². The van der Waals surface area contributed by atoms with Crippen LogP contribution in [0.15, 0.2) is 42.5 Å². The zero-order valence-corrected chi connectivity index (χ0v) is 17.5. The Morgan fingerprint density at radius 2 is 1.62 bits per heavy atom. The molecule has 154 valence electrons. The molecule has 0 saturated heterocycles. The Bertz CT molecular complexity index is 888. The molecule has 9 heteroatoms. The van der Waals surface area contributed by atoms with Crippen LogP contribution in [0.25, 0.3) is 0 Å². The summed E-state index contributed by atoms with van der Waals surface area (Å²) in [6.45, 7) is 3.14. The minimum Gasteiger partial charge on any atom is -0.482 e. The Labute approximate surface area is 178 Å². The highest BCUT2D eigenvalue weighted by Gasteiger charge is 2.17. The first-order chi connectivity index (χ1) is 13.8. The average Bonchev–Trinajstić information content (AvgIpc) is 2.66. The van der Waals surface area contributed by atoms with Gasteiger partial charge in [0.05, 0.1) is 11.6 Å². The second-order valence-electron chi connectivity index (χ2n) is 6.08. The van der Waals surface area contributed by atoms with Crippen molar-refractivity contribution in [3.8, 4) is 5.75 Å². The van der Waals surface area contributed by atoms with Crippen LogP contribution in [0.4, 0.5) is 11.4 Å². The maximum atomic E-state index is 12.4. The van der Waals surface area contributed by atoms with Crippen LogP contribution >= 0.6 is 23.2 Å². The number of carbonyl (C=O) groups excluding carboxylic acids is 3. The van der Waals surface area contributed by atoms with Gasteiger partial charge in [0, 0.05) is 29.9 Å². The van der Waals surface area contributed by atoms with Gasteiger partial charge in [0.2, 0.25) is 11.8 Å². The second-order valence-corrected chi connectivity index (χ2v) is 6.92. The molecule has 2 aromatic carbocycles. The number of rotatable bonds is 8. The molecule has 0 atom stereocenters. The van der Waals surface area contributed by atoms with Crippen LogP contribution < -0.4 is 15.4 Å². The monoisotopic (exact) mass is 437 g/mol. The van der Waals surface area contributed by atoms with Crippen molar-refractivity contribution < 1.29 is 19.1 Å². The van der Waals surface area contributed by atoms with Crippen molar-refractivity contribution in [2.75, 3.05) is 30.3 Å². The van der Waals surface area contributed by atoms with E-state index < -0.39 is 0 Å². The van der Waals surface area contributed by atoms with Crippen molar-refractivity contribution in [1.82, 2.24) is 4.90 Å². The molecule has 0 spiro atoms. The highest BCUT2D eigenvalue weighted by molar-refractivity contribution is 6.35. The Morgan fingerprint density at radius 3 is 2.17 bits per heavy atom. The molecule has 0 bridgehead atoms. The molecule has 0 unspecified atom stereocenters. The van der Waals surface area contributed by atoms with Gasteiger partial charge in [-0.05, 0) is 49.4 Å². The number of anilines is 2. The summed E-state index contributed by atoms with van der Waals surface area (Å²) in [4.78, 5) is 37.0. The number of nitrogens with zero attached hydrogens (tertiary/aromatic N) is 1. The minimum atomic E-state index is -0.352. The van der Waals surface area contributed by atoms with E-state index in [0.717, 1.165) is 0 Å². The topological polar surface area (TPSA) is 87.7 Å². The van der Waals surface area contributed by atoms with E-state index in [-0.39, 0.29) is 30.9 Å². The number of halogens is 2. The highest BCUT2D eigenvalue weighted by Crippen LogP contribution is 2.27. The lowest BCUT2D eigenvalue weighted by Gasteiger charge is -2.20.